The zero-order valence-corrected chi connectivity index (χ0v) is 17.8. The normalized spacial score (nSPS) is 14.8. The zero-order valence-electron chi connectivity index (χ0n) is 17.8. The van der Waals surface area contributed by atoms with Crippen molar-refractivity contribution in [3.05, 3.63) is 53.6 Å². The molecule has 0 bridgehead atoms. The van der Waals surface area contributed by atoms with Crippen LogP contribution >= 0.6 is 0 Å². The van der Waals surface area contributed by atoms with E-state index in [1.54, 1.807) is 6.07 Å². The van der Waals surface area contributed by atoms with Gasteiger partial charge in [0.15, 0.2) is 5.78 Å². The van der Waals surface area contributed by atoms with Gasteiger partial charge in [-0.25, -0.2) is 9.97 Å². The number of anilines is 1. The van der Waals surface area contributed by atoms with Crippen molar-refractivity contribution in [1.82, 2.24) is 14.4 Å². The summed E-state index contributed by atoms with van der Waals surface area (Å²) < 4.78 is 13.3. The van der Waals surface area contributed by atoms with E-state index in [0.717, 1.165) is 48.8 Å². The molecule has 158 valence electrons. The van der Waals surface area contributed by atoms with E-state index in [-0.39, 0.29) is 12.2 Å². The predicted molar refractivity (Wildman–Crippen MR) is 116 cm³/mol. The highest BCUT2D eigenvalue weighted by Gasteiger charge is 2.20. The van der Waals surface area contributed by atoms with Crippen LogP contribution in [0.5, 0.6) is 5.75 Å². The molecule has 0 N–H and O–H groups in total. The lowest BCUT2D eigenvalue weighted by molar-refractivity contribution is 0.0846. The van der Waals surface area contributed by atoms with Gasteiger partial charge < -0.3 is 18.8 Å². The molecule has 7 nitrogen and oxygen atoms in total. The maximum atomic E-state index is 13.0. The molecule has 30 heavy (non-hydrogen) atoms. The van der Waals surface area contributed by atoms with Gasteiger partial charge in [0.05, 0.1) is 12.3 Å². The first-order valence-electron chi connectivity index (χ1n) is 10.4. The topological polar surface area (TPSA) is 69.0 Å². The van der Waals surface area contributed by atoms with Gasteiger partial charge in [-0.15, -0.1) is 0 Å². The molecule has 0 saturated carbocycles. The zero-order chi connectivity index (χ0) is 21.1. The highest BCUT2D eigenvalue weighted by Crippen LogP contribution is 2.29. The number of carbonyl (C=O) groups is 1. The molecule has 1 aliphatic heterocycles. The Morgan fingerprint density at radius 2 is 2.03 bits per heavy atom. The van der Waals surface area contributed by atoms with Crippen molar-refractivity contribution in [2.75, 3.05) is 38.8 Å². The minimum atomic E-state index is -0.0382. The number of ether oxygens (including phenoxy) is 2. The van der Waals surface area contributed by atoms with Crippen LogP contribution < -0.4 is 9.64 Å². The average Bonchev–Trinajstić information content (AvgIpc) is 3.17. The van der Waals surface area contributed by atoms with Gasteiger partial charge in [-0.1, -0.05) is 6.07 Å². The molecule has 0 spiro atoms. The molecule has 0 unspecified atom stereocenters. The van der Waals surface area contributed by atoms with Crippen LogP contribution in [0.25, 0.3) is 5.65 Å². The van der Waals surface area contributed by atoms with Gasteiger partial charge in [-0.2, -0.15) is 0 Å². The first kappa shape index (κ1) is 20.3. The Bertz CT molecular complexity index is 1040. The van der Waals surface area contributed by atoms with E-state index in [1.807, 2.05) is 54.7 Å². The number of pyridine rings is 2. The van der Waals surface area contributed by atoms with Crippen LogP contribution in [0.15, 0.2) is 36.7 Å². The quantitative estimate of drug-likeness (QED) is 0.557. The average molecular weight is 409 g/mol. The maximum Gasteiger partial charge on any atom is 0.185 e. The summed E-state index contributed by atoms with van der Waals surface area (Å²) in [6, 6.07) is 7.43. The van der Waals surface area contributed by atoms with E-state index in [2.05, 4.69) is 11.2 Å². The van der Waals surface area contributed by atoms with Crippen LogP contribution in [0, 0.1) is 0 Å². The molecule has 1 fully saturated rings. The van der Waals surface area contributed by atoms with E-state index < -0.39 is 0 Å². The second kappa shape index (κ2) is 8.83. The Hall–Kier alpha value is -2.93. The third-order valence-corrected chi connectivity index (χ3v) is 5.42. The van der Waals surface area contributed by atoms with E-state index in [9.17, 15) is 4.79 Å². The van der Waals surface area contributed by atoms with Crippen molar-refractivity contribution in [2.24, 2.45) is 0 Å². The van der Waals surface area contributed by atoms with E-state index in [4.69, 9.17) is 14.5 Å². The first-order valence-corrected chi connectivity index (χ1v) is 10.4. The van der Waals surface area contributed by atoms with Gasteiger partial charge in [0, 0.05) is 63.7 Å². The summed E-state index contributed by atoms with van der Waals surface area (Å²) in [5.41, 5.74) is 3.20. The van der Waals surface area contributed by atoms with Gasteiger partial charge in [0.2, 0.25) is 0 Å². The molecular weight excluding hydrogens is 380 g/mol. The predicted octanol–water partition coefficient (Wildman–Crippen LogP) is 3.51. The van der Waals surface area contributed by atoms with Gasteiger partial charge in [-0.3, -0.25) is 4.79 Å². The fourth-order valence-corrected chi connectivity index (χ4v) is 3.78. The number of hydrogen-bond donors (Lipinski definition) is 0. The van der Waals surface area contributed by atoms with Gasteiger partial charge in [0.1, 0.15) is 22.9 Å². The Morgan fingerprint density at radius 3 is 2.77 bits per heavy atom. The minimum absolute atomic E-state index is 0.0382. The highest BCUT2D eigenvalue weighted by molar-refractivity contribution is 5.96. The number of imidazole rings is 1. The third kappa shape index (κ3) is 4.31. The Morgan fingerprint density at radius 1 is 1.23 bits per heavy atom. The van der Waals surface area contributed by atoms with E-state index in [0.29, 0.717) is 24.0 Å². The van der Waals surface area contributed by atoms with Crippen molar-refractivity contribution in [3.8, 4) is 5.75 Å². The van der Waals surface area contributed by atoms with Crippen molar-refractivity contribution in [3.63, 3.8) is 0 Å². The summed E-state index contributed by atoms with van der Waals surface area (Å²) in [7, 11) is 3.82. The first-order chi connectivity index (χ1) is 14.5. The van der Waals surface area contributed by atoms with Crippen molar-refractivity contribution >= 4 is 17.2 Å². The smallest absolute Gasteiger partial charge is 0.185 e. The Kier molecular flexibility index (Phi) is 5.99. The van der Waals surface area contributed by atoms with Crippen molar-refractivity contribution < 1.29 is 14.3 Å². The summed E-state index contributed by atoms with van der Waals surface area (Å²) in [6.07, 6.45) is 6.23. The SMILES string of the molecule is CCOc1cc2nc(C3CCOCC3)cn2cc1CC(=O)c1cccc(N(C)C)n1. The fourth-order valence-electron chi connectivity index (χ4n) is 3.78. The number of ketones is 1. The maximum absolute atomic E-state index is 13.0. The van der Waals surface area contributed by atoms with Crippen LogP contribution in [-0.2, 0) is 11.2 Å². The summed E-state index contributed by atoms with van der Waals surface area (Å²) >= 11 is 0. The molecule has 1 aliphatic rings. The molecule has 3 aromatic rings. The van der Waals surface area contributed by atoms with Crippen LogP contribution in [-0.4, -0.2) is 54.1 Å². The molecule has 4 heterocycles. The number of carbonyl (C=O) groups excluding carboxylic acids is 1. The summed E-state index contributed by atoms with van der Waals surface area (Å²) in [6.45, 7) is 4.03. The third-order valence-electron chi connectivity index (χ3n) is 5.42. The molecule has 0 amide bonds. The largest absolute Gasteiger partial charge is 0.493 e. The van der Waals surface area contributed by atoms with Crippen molar-refractivity contribution in [2.45, 2.75) is 32.1 Å². The molecule has 0 atom stereocenters. The highest BCUT2D eigenvalue weighted by atomic mass is 16.5. The molecule has 1 saturated heterocycles. The summed E-state index contributed by atoms with van der Waals surface area (Å²) in [4.78, 5) is 24.1. The monoisotopic (exact) mass is 408 g/mol. The number of fused-ring (bicyclic) bond motifs is 1. The number of hydrogen-bond acceptors (Lipinski definition) is 6. The molecule has 0 radical (unpaired) electrons. The molecule has 7 heteroatoms. The van der Waals surface area contributed by atoms with Crippen molar-refractivity contribution in [1.29, 1.82) is 0 Å². The molecule has 4 rings (SSSR count). The number of aromatic nitrogens is 3. The lowest BCUT2D eigenvalue weighted by atomic mass is 9.97. The Balaban J connectivity index is 1.64. The molecule has 0 aromatic carbocycles. The Labute approximate surface area is 176 Å². The van der Waals surface area contributed by atoms with Gasteiger partial charge in [-0.05, 0) is 31.9 Å². The number of nitrogens with zero attached hydrogens (tertiary/aromatic N) is 4. The lowest BCUT2D eigenvalue weighted by Gasteiger charge is -2.19. The van der Waals surface area contributed by atoms with Crippen LogP contribution in [0.1, 0.15) is 47.4 Å². The van der Waals surface area contributed by atoms with Crippen LogP contribution in [0.3, 0.4) is 0 Å². The lowest BCUT2D eigenvalue weighted by Crippen LogP contribution is -2.14. The van der Waals surface area contributed by atoms with E-state index in [1.165, 1.54) is 0 Å². The molecule has 3 aromatic heterocycles. The summed E-state index contributed by atoms with van der Waals surface area (Å²) in [5, 5.41) is 0. The van der Waals surface area contributed by atoms with Crippen LogP contribution in [0.2, 0.25) is 0 Å². The van der Waals surface area contributed by atoms with Crippen LogP contribution in [0.4, 0.5) is 5.82 Å². The second-order valence-corrected chi connectivity index (χ2v) is 7.79. The fraction of sp³-hybridized carbons (Fsp3) is 0.435. The number of Topliss-reactive ketones (excluding diaryl/α,β-unsaturated/α-hetero) is 1. The van der Waals surface area contributed by atoms with Gasteiger partial charge in [0.25, 0.3) is 0 Å². The molecule has 0 aliphatic carbocycles. The second-order valence-electron chi connectivity index (χ2n) is 7.79. The summed E-state index contributed by atoms with van der Waals surface area (Å²) in [5.74, 6) is 1.84. The van der Waals surface area contributed by atoms with Gasteiger partial charge >= 0.3 is 0 Å². The molecular formula is C23H28N4O3. The minimum Gasteiger partial charge on any atom is -0.493 e. The standard InChI is InChI=1S/C23H28N4O3/c1-4-30-21-13-23-25-19(16-8-10-29-11-9-16)15-27(23)14-17(21)12-20(28)18-6-5-7-22(24-18)26(2)3/h5-7,13-16H,4,8-12H2,1-3H3. The van der Waals surface area contributed by atoms with E-state index >= 15 is 0 Å². The number of rotatable bonds is 7.